The van der Waals surface area contributed by atoms with Crippen molar-refractivity contribution in [3.8, 4) is 5.75 Å². The third-order valence-electron chi connectivity index (χ3n) is 8.58. The first-order valence-electron chi connectivity index (χ1n) is 16.2. The van der Waals surface area contributed by atoms with Gasteiger partial charge in [0.15, 0.2) is 0 Å². The van der Waals surface area contributed by atoms with Gasteiger partial charge in [0, 0.05) is 17.9 Å². The minimum absolute atomic E-state index is 0.0000166. The Kier molecular flexibility index (Phi) is 9.03. The lowest BCUT2D eigenvalue weighted by Gasteiger charge is -2.46. The van der Waals surface area contributed by atoms with Crippen LogP contribution in [0.25, 0.3) is 0 Å². The molecule has 0 spiro atoms. The van der Waals surface area contributed by atoms with Gasteiger partial charge >= 0.3 is 0 Å². The average molecular weight is 660 g/mol. The van der Waals surface area contributed by atoms with Crippen molar-refractivity contribution in [3.63, 3.8) is 0 Å². The number of fused-ring (bicyclic) bond motifs is 1. The molecule has 0 aliphatic carbocycles. The largest absolute Gasteiger partial charge is 0.494 e. The molecule has 0 fully saturated rings. The Morgan fingerprint density at radius 3 is 2.10 bits per heavy atom. The molecule has 0 saturated carbocycles. The summed E-state index contributed by atoms with van der Waals surface area (Å²) in [5.41, 5.74) is 6.34. The Labute approximate surface area is 283 Å². The number of carbonyl (C=O) groups excluding carboxylic acids is 1. The maximum atomic E-state index is 14.7. The Bertz CT molecular complexity index is 2000. The van der Waals surface area contributed by atoms with Crippen molar-refractivity contribution in [3.05, 3.63) is 149 Å². The lowest BCUT2D eigenvalue weighted by Crippen LogP contribution is -2.49. The van der Waals surface area contributed by atoms with Crippen LogP contribution in [-0.2, 0) is 22.0 Å². The fourth-order valence-corrected chi connectivity index (χ4v) is 7.10. The van der Waals surface area contributed by atoms with E-state index in [0.29, 0.717) is 35.8 Å². The van der Waals surface area contributed by atoms with E-state index in [1.165, 1.54) is 11.6 Å². The van der Waals surface area contributed by atoms with Crippen molar-refractivity contribution in [2.75, 3.05) is 21.1 Å². The van der Waals surface area contributed by atoms with Crippen LogP contribution in [0.1, 0.15) is 66.5 Å². The van der Waals surface area contributed by atoms with Crippen molar-refractivity contribution in [2.45, 2.75) is 57.6 Å². The summed E-state index contributed by atoms with van der Waals surface area (Å²) >= 11 is 0. The zero-order valence-electron chi connectivity index (χ0n) is 28.0. The molecule has 1 N–H and O–H groups in total. The van der Waals surface area contributed by atoms with Gasteiger partial charge < -0.3 is 9.64 Å². The lowest BCUT2D eigenvalue weighted by atomic mass is 9.86. The molecule has 1 atom stereocenters. The Morgan fingerprint density at radius 2 is 1.48 bits per heavy atom. The van der Waals surface area contributed by atoms with E-state index in [4.69, 9.17) is 4.74 Å². The van der Waals surface area contributed by atoms with Crippen LogP contribution in [0.2, 0.25) is 0 Å². The van der Waals surface area contributed by atoms with Crippen molar-refractivity contribution in [2.24, 2.45) is 0 Å². The number of benzene rings is 5. The second kappa shape index (κ2) is 13.2. The molecule has 1 aliphatic heterocycles. The number of carbonyl (C=O) groups is 1. The third kappa shape index (κ3) is 6.80. The van der Waals surface area contributed by atoms with Crippen LogP contribution in [0.4, 0.5) is 17.1 Å². The third-order valence-corrected chi connectivity index (χ3v) is 9.96. The average Bonchev–Trinajstić information content (AvgIpc) is 3.07. The van der Waals surface area contributed by atoms with Gasteiger partial charge in [-0.2, -0.15) is 0 Å². The first-order valence-corrected chi connectivity index (χ1v) is 17.6. The lowest BCUT2D eigenvalue weighted by molar-refractivity contribution is 0.0968. The van der Waals surface area contributed by atoms with Crippen LogP contribution < -0.4 is 19.3 Å². The predicted octanol–water partition coefficient (Wildman–Crippen LogP) is 8.86. The fourth-order valence-electron chi connectivity index (χ4n) is 6.02. The Balaban J connectivity index is 1.48. The Morgan fingerprint density at radius 1 is 0.812 bits per heavy atom. The minimum Gasteiger partial charge on any atom is -0.494 e. The summed E-state index contributed by atoms with van der Waals surface area (Å²) in [6.45, 7) is 11.4. The first kappa shape index (κ1) is 32.8. The van der Waals surface area contributed by atoms with E-state index in [1.54, 1.807) is 41.3 Å². The number of hydrogen-bond acceptors (Lipinski definition) is 5. The Hall–Kier alpha value is -5.08. The van der Waals surface area contributed by atoms with E-state index in [-0.39, 0.29) is 16.2 Å². The molecule has 0 aromatic heterocycles. The minimum atomic E-state index is -4.02. The van der Waals surface area contributed by atoms with Crippen molar-refractivity contribution < 1.29 is 17.9 Å². The number of nitrogens with one attached hydrogen (secondary N) is 1. The molecular weight excluding hydrogens is 619 g/mol. The molecule has 1 heterocycles. The molecule has 48 heavy (non-hydrogen) atoms. The van der Waals surface area contributed by atoms with Gasteiger partial charge in [0.05, 0.1) is 22.8 Å². The number of hydrogen-bond donors (Lipinski definition) is 1. The van der Waals surface area contributed by atoms with Crippen LogP contribution in [-0.4, -0.2) is 20.9 Å². The molecule has 246 valence electrons. The zero-order chi connectivity index (χ0) is 34.1. The number of sulfonamides is 1. The van der Waals surface area contributed by atoms with Crippen LogP contribution in [0, 0.1) is 6.92 Å². The maximum Gasteiger partial charge on any atom is 0.262 e. The van der Waals surface area contributed by atoms with Crippen molar-refractivity contribution >= 4 is 33.0 Å². The normalized spacial score (nSPS) is 14.9. The molecule has 1 aliphatic rings. The fraction of sp³-hybridized carbons (Fsp3) is 0.225. The van der Waals surface area contributed by atoms with Gasteiger partial charge in [-0.25, -0.2) is 8.42 Å². The van der Waals surface area contributed by atoms with E-state index in [1.807, 2.05) is 56.3 Å². The first-order chi connectivity index (χ1) is 22.9. The molecule has 0 bridgehead atoms. The quantitative estimate of drug-likeness (QED) is 0.171. The van der Waals surface area contributed by atoms with Gasteiger partial charge in [0.1, 0.15) is 11.9 Å². The molecule has 5 aromatic carbocycles. The second-order valence-corrected chi connectivity index (χ2v) is 14.8. The SMILES string of the molecule is CCOc1ccc(NS(=O)(=O)c2ccc3c(c2)C(=O)N(c2ccc(C)cc2)[C@H](c2ccc(C(C)(C)C)cc2)N3Cc2ccccc2)cc1. The second-order valence-electron chi connectivity index (χ2n) is 13.1. The van der Waals surface area contributed by atoms with E-state index < -0.39 is 16.2 Å². The van der Waals surface area contributed by atoms with Crippen LogP contribution in [0.15, 0.2) is 126 Å². The number of amides is 1. The molecule has 8 heteroatoms. The highest BCUT2D eigenvalue weighted by molar-refractivity contribution is 7.92. The number of rotatable bonds is 9. The summed E-state index contributed by atoms with van der Waals surface area (Å²) in [5, 5.41) is 0. The summed E-state index contributed by atoms with van der Waals surface area (Å²) in [6, 6.07) is 38.0. The monoisotopic (exact) mass is 659 g/mol. The smallest absolute Gasteiger partial charge is 0.262 e. The molecule has 1 amide bonds. The molecule has 0 saturated heterocycles. The van der Waals surface area contributed by atoms with E-state index in [9.17, 15) is 13.2 Å². The van der Waals surface area contributed by atoms with Crippen LogP contribution >= 0.6 is 0 Å². The highest BCUT2D eigenvalue weighted by Gasteiger charge is 2.40. The van der Waals surface area contributed by atoms with E-state index >= 15 is 0 Å². The molecule has 0 radical (unpaired) electrons. The predicted molar refractivity (Wildman–Crippen MR) is 193 cm³/mol. The summed E-state index contributed by atoms with van der Waals surface area (Å²) in [6.07, 6.45) is -0.494. The highest BCUT2D eigenvalue weighted by Crippen LogP contribution is 2.43. The van der Waals surface area contributed by atoms with Gasteiger partial charge in [-0.1, -0.05) is 93.1 Å². The molecule has 0 unspecified atom stereocenters. The van der Waals surface area contributed by atoms with Crippen molar-refractivity contribution in [1.82, 2.24) is 0 Å². The number of ether oxygens (including phenoxy) is 1. The summed E-state index contributed by atoms with van der Waals surface area (Å²) in [5.74, 6) is 0.373. The van der Waals surface area contributed by atoms with Crippen LogP contribution in [0.5, 0.6) is 5.75 Å². The van der Waals surface area contributed by atoms with Gasteiger partial charge in [-0.15, -0.1) is 0 Å². The van der Waals surface area contributed by atoms with Gasteiger partial charge in [0.2, 0.25) is 0 Å². The van der Waals surface area contributed by atoms with Gasteiger partial charge in [0.25, 0.3) is 15.9 Å². The number of aryl methyl sites for hydroxylation is 1. The topological polar surface area (TPSA) is 78.9 Å². The molecular formula is C40H41N3O4S. The summed E-state index contributed by atoms with van der Waals surface area (Å²) < 4.78 is 35.5. The van der Waals surface area contributed by atoms with Gasteiger partial charge in [-0.05, 0) is 90.6 Å². The summed E-state index contributed by atoms with van der Waals surface area (Å²) in [7, 11) is -4.02. The van der Waals surface area contributed by atoms with E-state index in [2.05, 4.69) is 66.8 Å². The molecule has 6 rings (SSSR count). The number of nitrogens with zero attached hydrogens (tertiary/aromatic N) is 2. The standard InChI is InChI=1S/C40H41N3O4S/c1-6-47-34-22-18-32(19-23-34)41-48(45,46)35-24-25-37-36(26-35)39(44)43(33-20-12-28(2)13-21-33)38(42(37)27-29-10-8-7-9-11-29)30-14-16-31(17-15-30)40(3,4)5/h7-26,38,41H,6,27H2,1-5H3/t38-/m1/s1. The highest BCUT2D eigenvalue weighted by atomic mass is 32.2. The number of anilines is 3. The van der Waals surface area contributed by atoms with Crippen molar-refractivity contribution in [1.29, 1.82) is 0 Å². The van der Waals surface area contributed by atoms with E-state index in [0.717, 1.165) is 22.4 Å². The maximum absolute atomic E-state index is 14.7. The zero-order valence-corrected chi connectivity index (χ0v) is 28.8. The van der Waals surface area contributed by atoms with Gasteiger partial charge in [-0.3, -0.25) is 14.4 Å². The summed E-state index contributed by atoms with van der Waals surface area (Å²) in [4.78, 5) is 18.7. The van der Waals surface area contributed by atoms with Crippen LogP contribution in [0.3, 0.4) is 0 Å². The molecule has 5 aromatic rings. The molecule has 7 nitrogen and oxygen atoms in total.